The van der Waals surface area contributed by atoms with Gasteiger partial charge in [0, 0.05) is 30.7 Å². The minimum atomic E-state index is 0.566. The van der Waals surface area contributed by atoms with E-state index >= 15 is 0 Å². The van der Waals surface area contributed by atoms with Gasteiger partial charge in [-0.05, 0) is 24.3 Å². The van der Waals surface area contributed by atoms with E-state index in [9.17, 15) is 0 Å². The lowest BCUT2D eigenvalue weighted by molar-refractivity contribution is 0.398. The van der Waals surface area contributed by atoms with Gasteiger partial charge in [-0.25, -0.2) is 4.98 Å². The zero-order chi connectivity index (χ0) is 13.0. The lowest BCUT2D eigenvalue weighted by Crippen LogP contribution is -2.09. The first-order chi connectivity index (χ1) is 8.74. The minimum Gasteiger partial charge on any atom is -0.481 e. The predicted molar refractivity (Wildman–Crippen MR) is 70.0 cm³/mol. The monoisotopic (exact) mass is 239 g/mol. The van der Waals surface area contributed by atoms with E-state index in [-0.39, 0.29) is 0 Å². The predicted octanol–water partition coefficient (Wildman–Crippen LogP) is 2.73. The Morgan fingerprint density at radius 1 is 1.22 bits per heavy atom. The molecule has 0 unspecified atom stereocenters. The van der Waals surface area contributed by atoms with Crippen LogP contribution in [0.3, 0.4) is 0 Å². The number of ether oxygens (including phenoxy) is 1. The van der Waals surface area contributed by atoms with Crippen molar-refractivity contribution in [3.63, 3.8) is 0 Å². The third kappa shape index (κ3) is 2.41. The van der Waals surface area contributed by atoms with E-state index in [0.717, 1.165) is 11.4 Å². The summed E-state index contributed by atoms with van der Waals surface area (Å²) in [4.78, 5) is 6.04. The first-order valence-corrected chi connectivity index (χ1v) is 5.48. The number of rotatable bonds is 3. The van der Waals surface area contributed by atoms with Crippen molar-refractivity contribution in [2.45, 2.75) is 0 Å². The molecule has 0 atom stereocenters. The smallest absolute Gasteiger partial charge is 0.214 e. The maximum absolute atomic E-state index is 8.90. The molecule has 90 valence electrons. The Bertz CT molecular complexity index is 590. The highest BCUT2D eigenvalue weighted by molar-refractivity contribution is 5.64. The summed E-state index contributed by atoms with van der Waals surface area (Å²) in [6.07, 6.45) is 1.69. The molecule has 0 bridgehead atoms. The first-order valence-electron chi connectivity index (χ1n) is 5.48. The Hall–Kier alpha value is -2.54. The van der Waals surface area contributed by atoms with Crippen molar-refractivity contribution in [1.82, 2.24) is 4.98 Å². The van der Waals surface area contributed by atoms with E-state index in [0.29, 0.717) is 11.4 Å². The molecule has 0 amide bonds. The van der Waals surface area contributed by atoms with Crippen LogP contribution >= 0.6 is 0 Å². The molecular formula is C14H13N3O. The second-order valence-electron chi connectivity index (χ2n) is 3.78. The van der Waals surface area contributed by atoms with Gasteiger partial charge in [0.1, 0.15) is 0 Å². The van der Waals surface area contributed by atoms with Crippen molar-refractivity contribution in [2.24, 2.45) is 0 Å². The minimum absolute atomic E-state index is 0.566. The SMILES string of the molecule is COc1cc(N(C)c2cccc(C#N)c2)ccn1. The maximum Gasteiger partial charge on any atom is 0.214 e. The summed E-state index contributed by atoms with van der Waals surface area (Å²) >= 11 is 0. The standard InChI is InChI=1S/C14H13N3O/c1-17(12-5-3-4-11(8-12)10-15)13-6-7-16-14(9-13)18-2/h3-9H,1-2H3. The Kier molecular flexibility index (Phi) is 3.44. The van der Waals surface area contributed by atoms with Gasteiger partial charge in [0.25, 0.3) is 0 Å². The quantitative estimate of drug-likeness (QED) is 0.826. The second-order valence-corrected chi connectivity index (χ2v) is 3.78. The van der Waals surface area contributed by atoms with Crippen molar-refractivity contribution in [1.29, 1.82) is 5.26 Å². The molecule has 0 spiro atoms. The van der Waals surface area contributed by atoms with Crippen LogP contribution in [-0.4, -0.2) is 19.1 Å². The van der Waals surface area contributed by atoms with Gasteiger partial charge in [0.15, 0.2) is 0 Å². The van der Waals surface area contributed by atoms with Gasteiger partial charge in [0.2, 0.25) is 5.88 Å². The van der Waals surface area contributed by atoms with Crippen LogP contribution in [0, 0.1) is 11.3 Å². The van der Waals surface area contributed by atoms with E-state index in [2.05, 4.69) is 11.1 Å². The van der Waals surface area contributed by atoms with Crippen LogP contribution < -0.4 is 9.64 Å². The van der Waals surface area contributed by atoms with Gasteiger partial charge >= 0.3 is 0 Å². The van der Waals surface area contributed by atoms with Crippen LogP contribution in [0.15, 0.2) is 42.6 Å². The van der Waals surface area contributed by atoms with E-state index in [4.69, 9.17) is 10.00 Å². The molecule has 0 aliphatic carbocycles. The molecule has 2 aromatic rings. The summed E-state index contributed by atoms with van der Waals surface area (Å²) in [7, 11) is 3.52. The number of hydrogen-bond donors (Lipinski definition) is 0. The van der Waals surface area contributed by atoms with Gasteiger partial charge in [0.05, 0.1) is 18.7 Å². The molecule has 2 rings (SSSR count). The molecule has 18 heavy (non-hydrogen) atoms. The van der Waals surface area contributed by atoms with Crippen LogP contribution in [0.4, 0.5) is 11.4 Å². The van der Waals surface area contributed by atoms with Gasteiger partial charge in [-0.3, -0.25) is 0 Å². The summed E-state index contributed by atoms with van der Waals surface area (Å²) in [6, 6.07) is 13.3. The number of benzene rings is 1. The van der Waals surface area contributed by atoms with E-state index in [1.54, 1.807) is 19.4 Å². The Morgan fingerprint density at radius 3 is 2.72 bits per heavy atom. The molecule has 4 nitrogen and oxygen atoms in total. The molecule has 4 heteroatoms. The molecule has 0 fully saturated rings. The molecule has 0 saturated heterocycles. The lowest BCUT2D eigenvalue weighted by atomic mass is 10.2. The maximum atomic E-state index is 8.90. The molecule has 0 aliphatic heterocycles. The fourth-order valence-electron chi connectivity index (χ4n) is 1.65. The second kappa shape index (κ2) is 5.19. The van der Waals surface area contributed by atoms with Crippen LogP contribution in [0.2, 0.25) is 0 Å². The zero-order valence-corrected chi connectivity index (χ0v) is 10.3. The van der Waals surface area contributed by atoms with Crippen LogP contribution in [0.25, 0.3) is 0 Å². The highest BCUT2D eigenvalue weighted by atomic mass is 16.5. The topological polar surface area (TPSA) is 49.1 Å². The van der Waals surface area contributed by atoms with Gasteiger partial charge in [-0.2, -0.15) is 5.26 Å². The first kappa shape index (κ1) is 11.9. The van der Waals surface area contributed by atoms with Crippen molar-refractivity contribution >= 4 is 11.4 Å². The third-order valence-corrected chi connectivity index (χ3v) is 2.68. The van der Waals surface area contributed by atoms with E-state index in [1.807, 2.05) is 42.3 Å². The number of nitriles is 1. The number of aromatic nitrogens is 1. The Morgan fingerprint density at radius 2 is 2.00 bits per heavy atom. The summed E-state index contributed by atoms with van der Waals surface area (Å²) in [5.74, 6) is 0.566. The third-order valence-electron chi connectivity index (χ3n) is 2.68. The van der Waals surface area contributed by atoms with Crippen molar-refractivity contribution in [3.05, 3.63) is 48.2 Å². The fraction of sp³-hybridized carbons (Fsp3) is 0.143. The molecule has 0 saturated carbocycles. The molecule has 0 aliphatic rings. The Balaban J connectivity index is 2.35. The molecule has 1 heterocycles. The zero-order valence-electron chi connectivity index (χ0n) is 10.3. The number of methoxy groups -OCH3 is 1. The number of hydrogen-bond acceptors (Lipinski definition) is 4. The van der Waals surface area contributed by atoms with Crippen LogP contribution in [-0.2, 0) is 0 Å². The van der Waals surface area contributed by atoms with E-state index < -0.39 is 0 Å². The molecular weight excluding hydrogens is 226 g/mol. The molecule has 0 N–H and O–H groups in total. The Labute approximate surface area is 106 Å². The average molecular weight is 239 g/mol. The highest BCUT2D eigenvalue weighted by Gasteiger charge is 2.06. The van der Waals surface area contributed by atoms with Gasteiger partial charge < -0.3 is 9.64 Å². The van der Waals surface area contributed by atoms with Crippen LogP contribution in [0.1, 0.15) is 5.56 Å². The van der Waals surface area contributed by atoms with Crippen molar-refractivity contribution in [2.75, 3.05) is 19.1 Å². The number of anilines is 2. The average Bonchev–Trinajstić information content (AvgIpc) is 2.46. The molecule has 1 aromatic carbocycles. The highest BCUT2D eigenvalue weighted by Crippen LogP contribution is 2.25. The largest absolute Gasteiger partial charge is 0.481 e. The van der Waals surface area contributed by atoms with Crippen LogP contribution in [0.5, 0.6) is 5.88 Å². The van der Waals surface area contributed by atoms with Crippen molar-refractivity contribution < 1.29 is 4.74 Å². The summed E-state index contributed by atoms with van der Waals surface area (Å²) in [5.41, 5.74) is 2.54. The molecule has 1 aromatic heterocycles. The number of nitrogens with zero attached hydrogens (tertiary/aromatic N) is 3. The summed E-state index contributed by atoms with van der Waals surface area (Å²) in [6.45, 7) is 0. The van der Waals surface area contributed by atoms with Gasteiger partial charge in [-0.15, -0.1) is 0 Å². The van der Waals surface area contributed by atoms with Gasteiger partial charge in [-0.1, -0.05) is 6.07 Å². The summed E-state index contributed by atoms with van der Waals surface area (Å²) < 4.78 is 5.10. The normalized spacial score (nSPS) is 9.61. The lowest BCUT2D eigenvalue weighted by Gasteiger charge is -2.19. The summed E-state index contributed by atoms with van der Waals surface area (Å²) in [5, 5.41) is 8.90. The number of pyridine rings is 1. The molecule has 0 radical (unpaired) electrons. The van der Waals surface area contributed by atoms with E-state index in [1.165, 1.54) is 0 Å². The fourth-order valence-corrected chi connectivity index (χ4v) is 1.65. The van der Waals surface area contributed by atoms with Crippen molar-refractivity contribution in [3.8, 4) is 11.9 Å².